The Kier molecular flexibility index (Phi) is 4.86. The molecule has 0 unspecified atom stereocenters. The van der Waals surface area contributed by atoms with Gasteiger partial charge >= 0.3 is 0 Å². The first-order valence-corrected chi connectivity index (χ1v) is 10.4. The van der Waals surface area contributed by atoms with E-state index in [1.807, 2.05) is 0 Å². The quantitative estimate of drug-likeness (QED) is 0.844. The zero-order valence-electron chi connectivity index (χ0n) is 16.5. The summed E-state index contributed by atoms with van der Waals surface area (Å²) in [6, 6.07) is 5.43. The lowest BCUT2D eigenvalue weighted by atomic mass is 9.52. The molecule has 1 aromatic rings. The number of aryl methyl sites for hydroxylation is 1. The first kappa shape index (κ1) is 18.1. The molecule has 144 valence electrons. The van der Waals surface area contributed by atoms with E-state index in [9.17, 15) is 0 Å². The number of nitrogens with zero attached hydrogens (tertiary/aromatic N) is 2. The minimum atomic E-state index is 0.314. The minimum absolute atomic E-state index is 0.314. The molecule has 0 amide bonds. The van der Waals surface area contributed by atoms with Gasteiger partial charge in [0.15, 0.2) is 0 Å². The molecule has 2 saturated carbocycles. The lowest BCUT2D eigenvalue weighted by Crippen LogP contribution is -2.57. The number of ether oxygens (including phenoxy) is 1. The maximum absolute atomic E-state index is 6.12. The van der Waals surface area contributed by atoms with E-state index in [1.165, 1.54) is 31.4 Å². The molecule has 4 rings (SSSR count). The van der Waals surface area contributed by atoms with Gasteiger partial charge in [-0.2, -0.15) is 0 Å². The Morgan fingerprint density at radius 1 is 1.15 bits per heavy atom. The third-order valence-corrected chi connectivity index (χ3v) is 6.65. The summed E-state index contributed by atoms with van der Waals surface area (Å²) in [7, 11) is 0. The van der Waals surface area contributed by atoms with E-state index in [0.717, 1.165) is 37.4 Å². The van der Waals surface area contributed by atoms with Crippen molar-refractivity contribution in [2.75, 3.05) is 23.3 Å². The van der Waals surface area contributed by atoms with Gasteiger partial charge in [0.05, 0.1) is 23.6 Å². The van der Waals surface area contributed by atoms with Crippen LogP contribution < -0.4 is 16.0 Å². The van der Waals surface area contributed by atoms with Gasteiger partial charge in [-0.15, -0.1) is 0 Å². The highest BCUT2D eigenvalue weighted by molar-refractivity contribution is 5.54. The third-order valence-electron chi connectivity index (χ3n) is 6.65. The zero-order chi connectivity index (χ0) is 18.3. The van der Waals surface area contributed by atoms with Crippen LogP contribution >= 0.6 is 0 Å². The Hall–Kier alpha value is -1.33. The molecular weight excluding hydrogens is 324 g/mol. The molecular formula is C21H34N4O. The van der Waals surface area contributed by atoms with Gasteiger partial charge in [-0.3, -0.25) is 0 Å². The Bertz CT molecular complexity index is 623. The minimum Gasteiger partial charge on any atom is -0.381 e. The standard InChI is InChI=1S/C21H34N4O/c1-4-17-12-25(13-18(5-2)26-17)20-7-6-19(14(3)23-20)24-16-10-21(11-16)8-15(22)9-21/h6-7,15-18,24H,4-5,8-13,22H2,1-3H3/t15?,16?,17-,18-,21?/m1/s1. The van der Waals surface area contributed by atoms with Gasteiger partial charge in [0, 0.05) is 25.2 Å². The molecule has 1 aliphatic heterocycles. The fourth-order valence-electron chi connectivity index (χ4n) is 5.13. The SMILES string of the molecule is CC[C@@H]1CN(c2ccc(NC3CC4(CC(N)C4)C3)c(C)n2)C[C@@H](CC)O1. The molecule has 0 aromatic carbocycles. The first-order chi connectivity index (χ1) is 12.5. The van der Waals surface area contributed by atoms with E-state index < -0.39 is 0 Å². The average molecular weight is 359 g/mol. The Morgan fingerprint density at radius 2 is 1.81 bits per heavy atom. The van der Waals surface area contributed by atoms with Crippen molar-refractivity contribution in [2.24, 2.45) is 11.1 Å². The maximum atomic E-state index is 6.12. The van der Waals surface area contributed by atoms with Gasteiger partial charge in [-0.25, -0.2) is 4.98 Å². The molecule has 3 fully saturated rings. The molecule has 0 radical (unpaired) electrons. The summed E-state index contributed by atoms with van der Waals surface area (Å²) in [5.41, 5.74) is 8.82. The molecule has 1 saturated heterocycles. The number of anilines is 2. The van der Waals surface area contributed by atoms with Crippen LogP contribution in [-0.2, 0) is 4.74 Å². The normalized spacial score (nSPS) is 36.5. The summed E-state index contributed by atoms with van der Waals surface area (Å²) in [6.45, 7) is 8.41. The summed E-state index contributed by atoms with van der Waals surface area (Å²) in [4.78, 5) is 7.32. The van der Waals surface area contributed by atoms with Crippen molar-refractivity contribution in [1.29, 1.82) is 0 Å². The van der Waals surface area contributed by atoms with Crippen LogP contribution in [0.1, 0.15) is 58.1 Å². The Balaban J connectivity index is 1.38. The summed E-state index contributed by atoms with van der Waals surface area (Å²) >= 11 is 0. The van der Waals surface area contributed by atoms with Crippen LogP contribution in [0.3, 0.4) is 0 Å². The van der Waals surface area contributed by atoms with Gasteiger partial charge in [-0.1, -0.05) is 13.8 Å². The van der Waals surface area contributed by atoms with E-state index in [0.29, 0.717) is 29.7 Å². The molecule has 2 atom stereocenters. The van der Waals surface area contributed by atoms with Crippen molar-refractivity contribution in [1.82, 2.24) is 4.98 Å². The number of aromatic nitrogens is 1. The van der Waals surface area contributed by atoms with Gasteiger partial charge in [0.1, 0.15) is 5.82 Å². The summed E-state index contributed by atoms with van der Waals surface area (Å²) < 4.78 is 6.12. The van der Waals surface area contributed by atoms with Gasteiger partial charge in [-0.05, 0) is 63.0 Å². The Labute approximate surface area is 157 Å². The van der Waals surface area contributed by atoms with Crippen LogP contribution in [0.2, 0.25) is 0 Å². The smallest absolute Gasteiger partial charge is 0.129 e. The largest absolute Gasteiger partial charge is 0.381 e. The van der Waals surface area contributed by atoms with Crippen LogP contribution in [-0.4, -0.2) is 42.4 Å². The van der Waals surface area contributed by atoms with Crippen molar-refractivity contribution in [3.63, 3.8) is 0 Å². The highest BCUT2D eigenvalue weighted by Gasteiger charge is 2.51. The number of morpholine rings is 1. The molecule has 3 N–H and O–H groups in total. The van der Waals surface area contributed by atoms with E-state index in [4.69, 9.17) is 15.5 Å². The molecule has 0 bridgehead atoms. The third kappa shape index (κ3) is 3.44. The molecule has 26 heavy (non-hydrogen) atoms. The van der Waals surface area contributed by atoms with Gasteiger partial charge in [0.25, 0.3) is 0 Å². The topological polar surface area (TPSA) is 63.4 Å². The van der Waals surface area contributed by atoms with E-state index in [1.54, 1.807) is 0 Å². The van der Waals surface area contributed by atoms with Crippen molar-refractivity contribution >= 4 is 11.5 Å². The summed E-state index contributed by atoms with van der Waals surface area (Å²) in [5, 5.41) is 3.71. The number of pyridine rings is 1. The Morgan fingerprint density at radius 3 is 2.35 bits per heavy atom. The second-order valence-electron chi connectivity index (χ2n) is 8.82. The van der Waals surface area contributed by atoms with Crippen LogP contribution in [0.4, 0.5) is 11.5 Å². The van der Waals surface area contributed by atoms with Crippen LogP contribution in [0.5, 0.6) is 0 Å². The molecule has 3 aliphatic rings. The predicted molar refractivity (Wildman–Crippen MR) is 107 cm³/mol. The lowest BCUT2D eigenvalue weighted by molar-refractivity contribution is -0.0287. The fraction of sp³-hybridized carbons (Fsp3) is 0.762. The maximum Gasteiger partial charge on any atom is 0.129 e. The molecule has 2 aliphatic carbocycles. The van der Waals surface area contributed by atoms with Crippen molar-refractivity contribution in [2.45, 2.75) is 83.6 Å². The first-order valence-electron chi connectivity index (χ1n) is 10.4. The van der Waals surface area contributed by atoms with E-state index in [-0.39, 0.29) is 0 Å². The van der Waals surface area contributed by atoms with Gasteiger partial charge < -0.3 is 20.7 Å². The van der Waals surface area contributed by atoms with Crippen molar-refractivity contribution in [3.05, 3.63) is 17.8 Å². The monoisotopic (exact) mass is 358 g/mol. The molecule has 5 heteroatoms. The van der Waals surface area contributed by atoms with E-state index in [2.05, 4.69) is 43.1 Å². The molecule has 1 spiro atoms. The highest BCUT2D eigenvalue weighted by Crippen LogP contribution is 2.55. The second kappa shape index (κ2) is 7.01. The molecule has 5 nitrogen and oxygen atoms in total. The lowest BCUT2D eigenvalue weighted by Gasteiger charge is -2.57. The number of hydrogen-bond acceptors (Lipinski definition) is 5. The fourth-order valence-corrected chi connectivity index (χ4v) is 5.13. The number of hydrogen-bond donors (Lipinski definition) is 2. The number of nitrogens with two attached hydrogens (primary N) is 1. The van der Waals surface area contributed by atoms with Gasteiger partial charge in [0.2, 0.25) is 0 Å². The summed E-state index contributed by atoms with van der Waals surface area (Å²) in [6.07, 6.45) is 7.70. The zero-order valence-corrected chi connectivity index (χ0v) is 16.5. The average Bonchev–Trinajstić information content (AvgIpc) is 2.59. The highest BCUT2D eigenvalue weighted by atomic mass is 16.5. The second-order valence-corrected chi connectivity index (χ2v) is 8.82. The molecule has 1 aromatic heterocycles. The molecule has 2 heterocycles. The van der Waals surface area contributed by atoms with Crippen LogP contribution in [0.15, 0.2) is 12.1 Å². The van der Waals surface area contributed by atoms with Crippen LogP contribution in [0, 0.1) is 12.3 Å². The summed E-state index contributed by atoms with van der Waals surface area (Å²) in [5.74, 6) is 1.09. The van der Waals surface area contributed by atoms with Crippen molar-refractivity contribution in [3.8, 4) is 0 Å². The predicted octanol–water partition coefficient (Wildman–Crippen LogP) is 3.47. The number of nitrogens with one attached hydrogen (secondary N) is 1. The van der Waals surface area contributed by atoms with Crippen LogP contribution in [0.25, 0.3) is 0 Å². The van der Waals surface area contributed by atoms with Crippen molar-refractivity contribution < 1.29 is 4.74 Å². The van der Waals surface area contributed by atoms with E-state index >= 15 is 0 Å². The number of rotatable bonds is 5.